The minimum Gasteiger partial charge on any atom is -0.310 e. The van der Waals surface area contributed by atoms with Crippen LogP contribution in [0.15, 0.2) is 152 Å². The van der Waals surface area contributed by atoms with Crippen molar-refractivity contribution < 1.29 is 0 Å². The van der Waals surface area contributed by atoms with Crippen molar-refractivity contribution in [1.29, 1.82) is 0 Å². The van der Waals surface area contributed by atoms with Crippen LogP contribution in [0.25, 0.3) is 44.2 Å². The molecule has 0 radical (unpaired) electrons. The van der Waals surface area contributed by atoms with Gasteiger partial charge in [0.1, 0.15) is 0 Å². The maximum Gasteiger partial charge on any atom is 0.0468 e. The largest absolute Gasteiger partial charge is 0.310 e. The van der Waals surface area contributed by atoms with Gasteiger partial charge in [0.15, 0.2) is 0 Å². The summed E-state index contributed by atoms with van der Waals surface area (Å²) in [5, 5.41) is 2.66. The summed E-state index contributed by atoms with van der Waals surface area (Å²) >= 11 is 0. The van der Waals surface area contributed by atoms with Gasteiger partial charge in [-0.3, -0.25) is 0 Å². The normalized spacial score (nSPS) is 14.7. The van der Waals surface area contributed by atoms with Gasteiger partial charge in [-0.2, -0.15) is 0 Å². The zero-order chi connectivity index (χ0) is 31.9. The molecule has 2 aliphatic rings. The number of fused-ring (bicyclic) bond motifs is 5. The van der Waals surface area contributed by atoms with E-state index in [1.807, 2.05) is 0 Å². The van der Waals surface area contributed by atoms with Gasteiger partial charge in [-0.05, 0) is 103 Å². The molecule has 0 fully saturated rings. The Morgan fingerprint density at radius 2 is 0.979 bits per heavy atom. The highest BCUT2D eigenvalue weighted by Gasteiger charge is 2.37. The molecule has 2 aliphatic carbocycles. The molecular formula is C46H37N. The molecule has 7 aromatic rings. The Labute approximate surface area is 277 Å². The lowest BCUT2D eigenvalue weighted by molar-refractivity contribution is 0.645. The van der Waals surface area contributed by atoms with Crippen LogP contribution in [0.4, 0.5) is 17.1 Å². The van der Waals surface area contributed by atoms with Crippen LogP contribution in [0.1, 0.15) is 49.9 Å². The number of hydrogen-bond acceptors (Lipinski definition) is 1. The minimum atomic E-state index is -0.142. The van der Waals surface area contributed by atoms with E-state index in [0.29, 0.717) is 0 Å². The highest BCUT2D eigenvalue weighted by Crippen LogP contribution is 2.54. The summed E-state index contributed by atoms with van der Waals surface area (Å²) in [5.74, 6) is 0. The lowest BCUT2D eigenvalue weighted by Crippen LogP contribution is -2.24. The molecule has 0 saturated carbocycles. The number of hydrogen-bond donors (Lipinski definition) is 0. The van der Waals surface area contributed by atoms with Gasteiger partial charge < -0.3 is 4.90 Å². The zero-order valence-electron chi connectivity index (χ0n) is 27.4. The van der Waals surface area contributed by atoms with Gasteiger partial charge in [0.25, 0.3) is 0 Å². The lowest BCUT2D eigenvalue weighted by Gasteiger charge is -2.37. The first-order chi connectivity index (χ1) is 22.8. The van der Waals surface area contributed by atoms with Crippen LogP contribution in [-0.4, -0.2) is 0 Å². The second-order valence-electron chi connectivity index (χ2n) is 14.2. The van der Waals surface area contributed by atoms with Crippen molar-refractivity contribution in [3.63, 3.8) is 0 Å². The molecule has 0 unspecified atom stereocenters. The molecular weight excluding hydrogens is 567 g/mol. The number of para-hydroxylation sites is 1. The molecule has 47 heavy (non-hydrogen) atoms. The molecule has 0 bridgehead atoms. The zero-order valence-corrected chi connectivity index (χ0v) is 27.4. The molecule has 0 heterocycles. The molecule has 1 heteroatoms. The van der Waals surface area contributed by atoms with Crippen LogP contribution < -0.4 is 4.90 Å². The van der Waals surface area contributed by atoms with Gasteiger partial charge in [-0.25, -0.2) is 0 Å². The Morgan fingerprint density at radius 1 is 0.383 bits per heavy atom. The Hall–Kier alpha value is -5.40. The van der Waals surface area contributed by atoms with Crippen LogP contribution in [0.2, 0.25) is 0 Å². The van der Waals surface area contributed by atoms with E-state index in [1.54, 1.807) is 0 Å². The summed E-state index contributed by atoms with van der Waals surface area (Å²) in [7, 11) is 0. The van der Waals surface area contributed by atoms with E-state index >= 15 is 0 Å². The quantitative estimate of drug-likeness (QED) is 0.193. The van der Waals surface area contributed by atoms with E-state index < -0.39 is 0 Å². The highest BCUT2D eigenvalue weighted by atomic mass is 15.1. The third kappa shape index (κ3) is 4.02. The average Bonchev–Trinajstić information content (AvgIpc) is 3.33. The van der Waals surface area contributed by atoms with Crippen LogP contribution in [0.3, 0.4) is 0 Å². The van der Waals surface area contributed by atoms with Crippen molar-refractivity contribution in [3.05, 3.63) is 174 Å². The maximum atomic E-state index is 2.45. The Balaban J connectivity index is 1.30. The predicted octanol–water partition coefficient (Wildman–Crippen LogP) is 12.6. The van der Waals surface area contributed by atoms with E-state index in [1.165, 1.54) is 72.1 Å². The summed E-state index contributed by atoms with van der Waals surface area (Å²) < 4.78 is 0. The number of anilines is 3. The number of nitrogens with zero attached hydrogens (tertiary/aromatic N) is 1. The van der Waals surface area contributed by atoms with E-state index in [2.05, 4.69) is 184 Å². The van der Waals surface area contributed by atoms with E-state index in [9.17, 15) is 0 Å². The minimum absolute atomic E-state index is 0.0753. The molecule has 9 rings (SSSR count). The SMILES string of the molecule is CC1(C)c2ccccc2-c2ccc(N(c3ccccc3)c3ccc4c(c3)-c3c(-c5ccccc5)ccc5cccc(c35)C4(C)C)cc21. The Morgan fingerprint density at radius 3 is 1.79 bits per heavy atom. The van der Waals surface area contributed by atoms with Crippen molar-refractivity contribution >= 4 is 27.8 Å². The fourth-order valence-corrected chi connectivity index (χ4v) is 8.46. The fraction of sp³-hybridized carbons (Fsp3) is 0.130. The van der Waals surface area contributed by atoms with E-state index in [0.717, 1.165) is 11.4 Å². The standard InChI is InChI=1S/C46H37N/c1-45(2)40-27-24-33(28-38(40)44-35(30-14-7-5-8-15-30)25-22-31-16-13-21-41(45)43(31)44)47(32-17-9-6-10-18-32)34-23-26-37-36-19-11-12-20-39(36)46(3,4)42(37)29-34/h5-29H,1-4H3. The first kappa shape index (κ1) is 27.9. The topological polar surface area (TPSA) is 3.24 Å². The fourth-order valence-electron chi connectivity index (χ4n) is 8.46. The van der Waals surface area contributed by atoms with Crippen molar-refractivity contribution in [2.75, 3.05) is 4.90 Å². The van der Waals surface area contributed by atoms with Crippen LogP contribution in [-0.2, 0) is 10.8 Å². The highest BCUT2D eigenvalue weighted by molar-refractivity contribution is 6.09. The van der Waals surface area contributed by atoms with Gasteiger partial charge in [-0.15, -0.1) is 0 Å². The molecule has 0 atom stereocenters. The molecule has 0 aliphatic heterocycles. The third-order valence-electron chi connectivity index (χ3n) is 10.8. The molecule has 226 valence electrons. The van der Waals surface area contributed by atoms with Crippen molar-refractivity contribution in [2.24, 2.45) is 0 Å². The van der Waals surface area contributed by atoms with Crippen molar-refractivity contribution in [1.82, 2.24) is 0 Å². The summed E-state index contributed by atoms with van der Waals surface area (Å²) in [5.41, 5.74) is 16.7. The number of benzene rings is 7. The lowest BCUT2D eigenvalue weighted by atomic mass is 9.67. The van der Waals surface area contributed by atoms with Crippen molar-refractivity contribution in [2.45, 2.75) is 38.5 Å². The first-order valence-electron chi connectivity index (χ1n) is 16.7. The Kier molecular flexibility index (Phi) is 5.96. The molecule has 0 spiro atoms. The first-order valence-corrected chi connectivity index (χ1v) is 16.7. The average molecular weight is 604 g/mol. The monoisotopic (exact) mass is 603 g/mol. The van der Waals surface area contributed by atoms with E-state index in [-0.39, 0.29) is 10.8 Å². The van der Waals surface area contributed by atoms with Gasteiger partial charge in [-0.1, -0.05) is 143 Å². The van der Waals surface area contributed by atoms with Crippen LogP contribution in [0.5, 0.6) is 0 Å². The molecule has 7 aromatic carbocycles. The summed E-state index contributed by atoms with van der Waals surface area (Å²) in [6.07, 6.45) is 0. The second kappa shape index (κ2) is 10.0. The molecule has 0 saturated heterocycles. The summed E-state index contributed by atoms with van der Waals surface area (Å²) in [6.45, 7) is 9.48. The molecule has 0 amide bonds. The molecule has 0 aromatic heterocycles. The van der Waals surface area contributed by atoms with Gasteiger partial charge in [0.2, 0.25) is 0 Å². The summed E-state index contributed by atoms with van der Waals surface area (Å²) in [6, 6.07) is 56.3. The van der Waals surface area contributed by atoms with Crippen molar-refractivity contribution in [3.8, 4) is 33.4 Å². The smallest absolute Gasteiger partial charge is 0.0468 e. The van der Waals surface area contributed by atoms with Gasteiger partial charge in [0, 0.05) is 27.9 Å². The van der Waals surface area contributed by atoms with Crippen LogP contribution in [0, 0.1) is 0 Å². The van der Waals surface area contributed by atoms with Crippen LogP contribution >= 0.6 is 0 Å². The van der Waals surface area contributed by atoms with E-state index in [4.69, 9.17) is 0 Å². The second-order valence-corrected chi connectivity index (χ2v) is 14.2. The predicted molar refractivity (Wildman–Crippen MR) is 199 cm³/mol. The third-order valence-corrected chi connectivity index (χ3v) is 10.8. The molecule has 0 N–H and O–H groups in total. The maximum absolute atomic E-state index is 2.45. The molecule has 1 nitrogen and oxygen atoms in total. The van der Waals surface area contributed by atoms with Gasteiger partial charge in [0.05, 0.1) is 0 Å². The Bertz CT molecular complexity index is 2340. The number of rotatable bonds is 4. The summed E-state index contributed by atoms with van der Waals surface area (Å²) in [4.78, 5) is 2.44. The van der Waals surface area contributed by atoms with Gasteiger partial charge >= 0.3 is 0 Å².